The molecule has 0 bridgehead atoms. The van der Waals surface area contributed by atoms with Crippen LogP contribution in [0.15, 0.2) is 0 Å². The van der Waals surface area contributed by atoms with Crippen molar-refractivity contribution in [3.8, 4) is 0 Å². The van der Waals surface area contributed by atoms with E-state index in [4.69, 9.17) is 0 Å². The van der Waals surface area contributed by atoms with Gasteiger partial charge in [0.2, 0.25) is 0 Å². The van der Waals surface area contributed by atoms with E-state index in [0.717, 1.165) is 17.1 Å². The van der Waals surface area contributed by atoms with Gasteiger partial charge in [0.25, 0.3) is 0 Å². The SMILES string of the molecule is CCCC1SC[C@@H](C)C1CCC. The molecule has 0 saturated carbocycles. The molecule has 0 aliphatic carbocycles. The fourth-order valence-corrected chi connectivity index (χ4v) is 4.13. The van der Waals surface area contributed by atoms with Crippen LogP contribution in [0.5, 0.6) is 0 Å². The van der Waals surface area contributed by atoms with Gasteiger partial charge in [-0.2, -0.15) is 11.8 Å². The molecule has 2 unspecified atom stereocenters. The second-order valence-corrected chi connectivity index (χ2v) is 5.36. The van der Waals surface area contributed by atoms with E-state index in [1.54, 1.807) is 0 Å². The molecule has 0 amide bonds. The van der Waals surface area contributed by atoms with Gasteiger partial charge in [0, 0.05) is 5.25 Å². The van der Waals surface area contributed by atoms with E-state index in [9.17, 15) is 0 Å². The molecular formula is C11H22S. The third-order valence-corrected chi connectivity index (χ3v) is 4.71. The second-order valence-electron chi connectivity index (χ2n) is 4.09. The average molecular weight is 186 g/mol. The van der Waals surface area contributed by atoms with Gasteiger partial charge in [-0.05, 0) is 30.4 Å². The van der Waals surface area contributed by atoms with Gasteiger partial charge < -0.3 is 0 Å². The first-order chi connectivity index (χ1) is 5.79. The van der Waals surface area contributed by atoms with Crippen LogP contribution in [0.25, 0.3) is 0 Å². The fraction of sp³-hybridized carbons (Fsp3) is 1.00. The Kier molecular flexibility index (Phi) is 4.49. The molecule has 12 heavy (non-hydrogen) atoms. The Labute approximate surface area is 81.5 Å². The first-order valence-electron chi connectivity index (χ1n) is 5.41. The van der Waals surface area contributed by atoms with Gasteiger partial charge in [-0.15, -0.1) is 0 Å². The number of rotatable bonds is 4. The molecule has 0 N–H and O–H groups in total. The molecule has 1 heterocycles. The maximum atomic E-state index is 2.43. The smallest absolute Gasteiger partial charge is 0.00781 e. The molecule has 72 valence electrons. The minimum atomic E-state index is 0.978. The summed E-state index contributed by atoms with van der Waals surface area (Å²) in [6.45, 7) is 7.06. The van der Waals surface area contributed by atoms with Gasteiger partial charge >= 0.3 is 0 Å². The first kappa shape index (κ1) is 10.4. The van der Waals surface area contributed by atoms with Gasteiger partial charge in [-0.25, -0.2) is 0 Å². The molecule has 1 fully saturated rings. The third-order valence-electron chi connectivity index (χ3n) is 2.98. The van der Waals surface area contributed by atoms with Gasteiger partial charge in [0.1, 0.15) is 0 Å². The Bertz CT molecular complexity index is 120. The van der Waals surface area contributed by atoms with E-state index in [1.807, 2.05) is 0 Å². The fourth-order valence-electron chi connectivity index (χ4n) is 2.27. The summed E-state index contributed by atoms with van der Waals surface area (Å²) < 4.78 is 0. The van der Waals surface area contributed by atoms with E-state index in [2.05, 4.69) is 32.5 Å². The Morgan fingerprint density at radius 1 is 1.17 bits per heavy atom. The van der Waals surface area contributed by atoms with Crippen molar-refractivity contribution in [1.82, 2.24) is 0 Å². The normalized spacial score (nSPS) is 35.8. The van der Waals surface area contributed by atoms with Crippen molar-refractivity contribution in [2.75, 3.05) is 5.75 Å². The summed E-state index contributed by atoms with van der Waals surface area (Å²) in [7, 11) is 0. The van der Waals surface area contributed by atoms with Gasteiger partial charge in [0.05, 0.1) is 0 Å². The maximum Gasteiger partial charge on any atom is 0.00781 e. The van der Waals surface area contributed by atoms with E-state index < -0.39 is 0 Å². The number of hydrogen-bond acceptors (Lipinski definition) is 1. The van der Waals surface area contributed by atoms with E-state index >= 15 is 0 Å². The van der Waals surface area contributed by atoms with Crippen molar-refractivity contribution in [2.24, 2.45) is 11.8 Å². The van der Waals surface area contributed by atoms with Crippen LogP contribution in [0.2, 0.25) is 0 Å². The molecule has 1 saturated heterocycles. The van der Waals surface area contributed by atoms with Crippen LogP contribution in [0.1, 0.15) is 46.5 Å². The molecule has 1 heteroatoms. The van der Waals surface area contributed by atoms with E-state index in [0.29, 0.717) is 0 Å². The summed E-state index contributed by atoms with van der Waals surface area (Å²) >= 11 is 2.22. The summed E-state index contributed by atoms with van der Waals surface area (Å²) in [5.41, 5.74) is 0. The van der Waals surface area contributed by atoms with E-state index in [-0.39, 0.29) is 0 Å². The Morgan fingerprint density at radius 2 is 1.83 bits per heavy atom. The quantitative estimate of drug-likeness (QED) is 0.640. The highest BCUT2D eigenvalue weighted by atomic mass is 32.2. The lowest BCUT2D eigenvalue weighted by molar-refractivity contribution is 0.360. The standard InChI is InChI=1S/C11H22S/c1-4-6-10-9(3)8-12-11(10)7-5-2/h9-11H,4-8H2,1-3H3/t9-,10?,11?/m1/s1. The van der Waals surface area contributed by atoms with Crippen LogP contribution in [-0.4, -0.2) is 11.0 Å². The van der Waals surface area contributed by atoms with Crippen molar-refractivity contribution in [1.29, 1.82) is 0 Å². The lowest BCUT2D eigenvalue weighted by Crippen LogP contribution is -2.16. The van der Waals surface area contributed by atoms with Crippen LogP contribution in [0.3, 0.4) is 0 Å². The summed E-state index contributed by atoms with van der Waals surface area (Å²) in [4.78, 5) is 0. The zero-order valence-electron chi connectivity index (χ0n) is 8.68. The van der Waals surface area contributed by atoms with E-state index in [1.165, 1.54) is 31.4 Å². The highest BCUT2D eigenvalue weighted by Crippen LogP contribution is 2.41. The van der Waals surface area contributed by atoms with Crippen molar-refractivity contribution in [2.45, 2.75) is 51.7 Å². The van der Waals surface area contributed by atoms with Crippen molar-refractivity contribution in [3.05, 3.63) is 0 Å². The first-order valence-corrected chi connectivity index (χ1v) is 6.46. The van der Waals surface area contributed by atoms with Gasteiger partial charge in [-0.3, -0.25) is 0 Å². The van der Waals surface area contributed by atoms with Crippen molar-refractivity contribution in [3.63, 3.8) is 0 Å². The molecule has 0 aromatic carbocycles. The van der Waals surface area contributed by atoms with Gasteiger partial charge in [-0.1, -0.05) is 33.6 Å². The molecule has 1 aliphatic rings. The minimum Gasteiger partial charge on any atom is -0.158 e. The van der Waals surface area contributed by atoms with Crippen LogP contribution in [0, 0.1) is 11.8 Å². The maximum absolute atomic E-state index is 2.43. The van der Waals surface area contributed by atoms with Crippen molar-refractivity contribution < 1.29 is 0 Å². The van der Waals surface area contributed by atoms with Crippen LogP contribution in [0.4, 0.5) is 0 Å². The molecule has 0 nitrogen and oxygen atoms in total. The zero-order chi connectivity index (χ0) is 8.97. The highest BCUT2D eigenvalue weighted by molar-refractivity contribution is 8.00. The molecule has 1 aliphatic heterocycles. The third kappa shape index (κ3) is 2.42. The lowest BCUT2D eigenvalue weighted by Gasteiger charge is -2.20. The Morgan fingerprint density at radius 3 is 2.42 bits per heavy atom. The summed E-state index contributed by atoms with van der Waals surface area (Å²) in [6, 6.07) is 0. The predicted octanol–water partition coefficient (Wildman–Crippen LogP) is 3.95. The predicted molar refractivity (Wildman–Crippen MR) is 58.7 cm³/mol. The second kappa shape index (κ2) is 5.16. The Balaban J connectivity index is 2.39. The molecule has 1 rings (SSSR count). The van der Waals surface area contributed by atoms with Crippen LogP contribution in [-0.2, 0) is 0 Å². The summed E-state index contributed by atoms with van der Waals surface area (Å²) in [5.74, 6) is 3.42. The van der Waals surface area contributed by atoms with Crippen LogP contribution >= 0.6 is 11.8 Å². The topological polar surface area (TPSA) is 0 Å². The molecule has 0 spiro atoms. The summed E-state index contributed by atoms with van der Waals surface area (Å²) in [6.07, 6.45) is 5.64. The number of thioether (sulfide) groups is 1. The van der Waals surface area contributed by atoms with Gasteiger partial charge in [0.15, 0.2) is 0 Å². The Hall–Kier alpha value is 0.350. The van der Waals surface area contributed by atoms with Crippen LogP contribution < -0.4 is 0 Å². The molecule has 0 aromatic heterocycles. The average Bonchev–Trinajstić information content (AvgIpc) is 2.37. The monoisotopic (exact) mass is 186 g/mol. The molecule has 3 atom stereocenters. The number of hydrogen-bond donors (Lipinski definition) is 0. The lowest BCUT2D eigenvalue weighted by atomic mass is 9.87. The summed E-state index contributed by atoms with van der Waals surface area (Å²) in [5, 5.41) is 0.991. The molecular weight excluding hydrogens is 164 g/mol. The highest BCUT2D eigenvalue weighted by Gasteiger charge is 2.32. The zero-order valence-corrected chi connectivity index (χ0v) is 9.49. The van der Waals surface area contributed by atoms with Crippen molar-refractivity contribution >= 4 is 11.8 Å². The largest absolute Gasteiger partial charge is 0.158 e. The molecule has 0 radical (unpaired) electrons. The minimum absolute atomic E-state index is 0.978. The molecule has 0 aromatic rings.